The third-order valence-corrected chi connectivity index (χ3v) is 11.4. The first kappa shape index (κ1) is 30.1. The molecule has 0 aliphatic rings. The zero-order valence-electron chi connectivity index (χ0n) is 29.8. The summed E-state index contributed by atoms with van der Waals surface area (Å²) in [6.45, 7) is 0. The van der Waals surface area contributed by atoms with Crippen LogP contribution < -0.4 is 0 Å². The number of aromatic nitrogens is 4. The molecule has 0 radical (unpaired) electrons. The second-order valence-electron chi connectivity index (χ2n) is 14.4. The number of hydrogen-bond donors (Lipinski definition) is 0. The molecule has 0 aliphatic carbocycles. The third kappa shape index (κ3) is 4.43. The van der Waals surface area contributed by atoms with Gasteiger partial charge in [-0.1, -0.05) is 115 Å². The Morgan fingerprint density at radius 2 is 0.800 bits per heavy atom. The summed E-state index contributed by atoms with van der Waals surface area (Å²) in [5.74, 6) is 0. The van der Waals surface area contributed by atoms with Gasteiger partial charge in [-0.3, -0.25) is 4.40 Å². The number of imidazole rings is 1. The molecule has 0 fully saturated rings. The largest absolute Gasteiger partial charge is 0.309 e. The molecule has 12 aromatic rings. The first-order chi connectivity index (χ1) is 27.3. The first-order valence-electron chi connectivity index (χ1n) is 18.8. The van der Waals surface area contributed by atoms with Crippen LogP contribution in [-0.2, 0) is 0 Å². The Morgan fingerprint density at radius 1 is 0.327 bits per heavy atom. The quantitative estimate of drug-likeness (QED) is 0.180. The van der Waals surface area contributed by atoms with Crippen LogP contribution >= 0.6 is 0 Å². The lowest BCUT2D eigenvalue weighted by molar-refractivity contribution is 1.18. The molecule has 55 heavy (non-hydrogen) atoms. The van der Waals surface area contributed by atoms with E-state index in [1.807, 2.05) is 0 Å². The van der Waals surface area contributed by atoms with Crippen molar-refractivity contribution in [1.29, 1.82) is 0 Å². The van der Waals surface area contributed by atoms with Crippen LogP contribution in [-0.4, -0.2) is 18.5 Å². The molecule has 4 heteroatoms. The van der Waals surface area contributed by atoms with Crippen LogP contribution in [0, 0.1) is 0 Å². The molecule has 8 aromatic carbocycles. The Labute approximate surface area is 316 Å². The summed E-state index contributed by atoms with van der Waals surface area (Å²) in [6.07, 6.45) is 2.30. The van der Waals surface area contributed by atoms with E-state index in [-0.39, 0.29) is 0 Å². The summed E-state index contributed by atoms with van der Waals surface area (Å²) in [6, 6.07) is 67.9. The standard InChI is InChI=1S/C51H32N4/c1-3-13-36(14-4-1)54-46-21-11-9-18-39(46)42-29-33(24-27-48(42)54)34-23-26-45-50(31-34)53-32-44(38-17-7-8-20-41(38)51(53)52-45)35-25-28-49-43(30-35)40-19-10-12-22-47(40)55(49)37-15-5-2-6-16-37/h1-32H. The maximum Gasteiger partial charge on any atom is 0.145 e. The van der Waals surface area contributed by atoms with E-state index in [2.05, 4.69) is 208 Å². The molecule has 0 amide bonds. The van der Waals surface area contributed by atoms with Crippen molar-refractivity contribution < 1.29 is 0 Å². The highest BCUT2D eigenvalue weighted by Crippen LogP contribution is 2.40. The van der Waals surface area contributed by atoms with Crippen LogP contribution in [0.15, 0.2) is 194 Å². The molecule has 0 N–H and O–H groups in total. The van der Waals surface area contributed by atoms with Crippen LogP contribution in [0.2, 0.25) is 0 Å². The summed E-state index contributed by atoms with van der Waals surface area (Å²) in [5.41, 5.74) is 14.9. The molecule has 0 bridgehead atoms. The average molecular weight is 701 g/mol. The van der Waals surface area contributed by atoms with E-state index in [1.54, 1.807) is 0 Å². The molecule has 0 unspecified atom stereocenters. The summed E-state index contributed by atoms with van der Waals surface area (Å²) in [4.78, 5) is 5.22. The molecular formula is C51H32N4. The second-order valence-corrected chi connectivity index (χ2v) is 14.4. The van der Waals surface area contributed by atoms with Gasteiger partial charge in [-0.2, -0.15) is 0 Å². The van der Waals surface area contributed by atoms with Gasteiger partial charge in [0.2, 0.25) is 0 Å². The maximum absolute atomic E-state index is 5.22. The van der Waals surface area contributed by atoms with Gasteiger partial charge in [-0.15, -0.1) is 0 Å². The summed E-state index contributed by atoms with van der Waals surface area (Å²) >= 11 is 0. The normalized spacial score (nSPS) is 12.0. The molecule has 0 saturated carbocycles. The van der Waals surface area contributed by atoms with Crippen molar-refractivity contribution >= 4 is 71.1 Å². The van der Waals surface area contributed by atoms with Crippen LogP contribution in [0.3, 0.4) is 0 Å². The molecule has 4 aromatic heterocycles. The molecule has 256 valence electrons. The van der Waals surface area contributed by atoms with Gasteiger partial charge in [0, 0.05) is 50.1 Å². The van der Waals surface area contributed by atoms with Gasteiger partial charge in [0.05, 0.1) is 33.1 Å². The lowest BCUT2D eigenvalue weighted by atomic mass is 9.98. The number of benzene rings is 8. The van der Waals surface area contributed by atoms with E-state index < -0.39 is 0 Å². The predicted octanol–water partition coefficient (Wildman–Crippen LogP) is 13.2. The fourth-order valence-corrected chi connectivity index (χ4v) is 8.94. The van der Waals surface area contributed by atoms with Crippen molar-refractivity contribution in [2.45, 2.75) is 0 Å². The topological polar surface area (TPSA) is 27.2 Å². The number of hydrogen-bond acceptors (Lipinski definition) is 1. The SMILES string of the molecule is c1ccc(-n2c3ccccc3c3cc(-c4ccc5nc6c7ccccc7c(-c7ccc8c(c7)c7ccccc7n8-c7ccccc7)cn6c5c4)ccc32)cc1. The van der Waals surface area contributed by atoms with E-state index in [1.165, 1.54) is 65.7 Å². The Morgan fingerprint density at radius 3 is 1.44 bits per heavy atom. The fourth-order valence-electron chi connectivity index (χ4n) is 8.94. The van der Waals surface area contributed by atoms with Crippen LogP contribution in [0.1, 0.15) is 0 Å². The minimum atomic E-state index is 0.967. The summed E-state index contributed by atoms with van der Waals surface area (Å²) in [5, 5.41) is 7.31. The predicted molar refractivity (Wildman–Crippen MR) is 230 cm³/mol. The summed E-state index contributed by atoms with van der Waals surface area (Å²) in [7, 11) is 0. The Balaban J connectivity index is 1.06. The van der Waals surface area contributed by atoms with Crippen molar-refractivity contribution in [2.75, 3.05) is 0 Å². The number of rotatable bonds is 4. The van der Waals surface area contributed by atoms with Crippen molar-refractivity contribution in [2.24, 2.45) is 0 Å². The Bertz CT molecular complexity index is 3480. The summed E-state index contributed by atoms with van der Waals surface area (Å²) < 4.78 is 7.04. The second kappa shape index (κ2) is 11.5. The average Bonchev–Trinajstić information content (AvgIpc) is 3.91. The maximum atomic E-state index is 5.22. The highest BCUT2D eigenvalue weighted by Gasteiger charge is 2.18. The Kier molecular flexibility index (Phi) is 6.31. The zero-order valence-corrected chi connectivity index (χ0v) is 29.8. The molecule has 4 nitrogen and oxygen atoms in total. The van der Waals surface area contributed by atoms with E-state index in [0.29, 0.717) is 0 Å². The number of para-hydroxylation sites is 4. The highest BCUT2D eigenvalue weighted by atomic mass is 15.0. The fraction of sp³-hybridized carbons (Fsp3) is 0. The minimum Gasteiger partial charge on any atom is -0.309 e. The lowest BCUT2D eigenvalue weighted by Gasteiger charge is -2.11. The van der Waals surface area contributed by atoms with Crippen LogP contribution in [0.5, 0.6) is 0 Å². The first-order valence-corrected chi connectivity index (χ1v) is 18.8. The van der Waals surface area contributed by atoms with Crippen molar-refractivity contribution in [3.8, 4) is 33.6 Å². The van der Waals surface area contributed by atoms with Crippen molar-refractivity contribution in [3.63, 3.8) is 0 Å². The van der Waals surface area contributed by atoms with Gasteiger partial charge in [-0.05, 0) is 94.9 Å². The van der Waals surface area contributed by atoms with E-state index >= 15 is 0 Å². The number of pyridine rings is 1. The van der Waals surface area contributed by atoms with Gasteiger partial charge < -0.3 is 9.13 Å². The van der Waals surface area contributed by atoms with E-state index in [0.717, 1.165) is 39.0 Å². The van der Waals surface area contributed by atoms with Crippen LogP contribution in [0.25, 0.3) is 105 Å². The Hall–Kier alpha value is -7.43. The molecule has 4 heterocycles. The van der Waals surface area contributed by atoms with Gasteiger partial charge in [0.25, 0.3) is 0 Å². The third-order valence-electron chi connectivity index (χ3n) is 11.4. The van der Waals surface area contributed by atoms with Gasteiger partial charge in [0.1, 0.15) is 5.65 Å². The lowest BCUT2D eigenvalue weighted by Crippen LogP contribution is -1.93. The van der Waals surface area contributed by atoms with Gasteiger partial charge in [-0.25, -0.2) is 4.98 Å². The number of nitrogens with zero attached hydrogens (tertiary/aromatic N) is 4. The molecule has 12 rings (SSSR count). The molecule has 0 spiro atoms. The molecule has 0 aliphatic heterocycles. The minimum absolute atomic E-state index is 0.967. The molecule has 0 atom stereocenters. The van der Waals surface area contributed by atoms with Crippen LogP contribution in [0.4, 0.5) is 0 Å². The number of fused-ring (bicyclic) bond motifs is 11. The van der Waals surface area contributed by atoms with Gasteiger partial charge in [0.15, 0.2) is 0 Å². The molecular weight excluding hydrogens is 669 g/mol. The van der Waals surface area contributed by atoms with Gasteiger partial charge >= 0.3 is 0 Å². The van der Waals surface area contributed by atoms with E-state index in [4.69, 9.17) is 4.98 Å². The highest BCUT2D eigenvalue weighted by molar-refractivity contribution is 6.13. The molecule has 0 saturated heterocycles. The van der Waals surface area contributed by atoms with Crippen molar-refractivity contribution in [3.05, 3.63) is 194 Å². The van der Waals surface area contributed by atoms with E-state index in [9.17, 15) is 0 Å². The van der Waals surface area contributed by atoms with Crippen molar-refractivity contribution in [1.82, 2.24) is 18.5 Å². The monoisotopic (exact) mass is 700 g/mol. The smallest absolute Gasteiger partial charge is 0.145 e. The zero-order chi connectivity index (χ0) is 36.0.